The molecule has 1 aromatic heterocycles. The lowest BCUT2D eigenvalue weighted by atomic mass is 9.91. The summed E-state index contributed by atoms with van der Waals surface area (Å²) in [5.41, 5.74) is 5.94. The van der Waals surface area contributed by atoms with E-state index in [4.69, 9.17) is 4.98 Å². The molecule has 3 amide bonds. The molecule has 1 saturated heterocycles. The molecule has 34 heavy (non-hydrogen) atoms. The fourth-order valence-electron chi connectivity index (χ4n) is 4.26. The summed E-state index contributed by atoms with van der Waals surface area (Å²) in [5, 5.41) is 15.2. The topological polar surface area (TPSA) is 112 Å². The number of nitrogens with one attached hydrogen (secondary N) is 2. The number of aromatic nitrogens is 1. The normalized spacial score (nSPS) is 13.9. The summed E-state index contributed by atoms with van der Waals surface area (Å²) in [5.74, 6) is -0.0775. The molecule has 1 aliphatic heterocycles. The summed E-state index contributed by atoms with van der Waals surface area (Å²) in [6.45, 7) is 6.23. The highest BCUT2D eigenvalue weighted by Crippen LogP contribution is 2.36. The van der Waals surface area contributed by atoms with Crippen molar-refractivity contribution < 1.29 is 19.5 Å². The zero-order valence-corrected chi connectivity index (χ0v) is 19.5. The highest BCUT2D eigenvalue weighted by molar-refractivity contribution is 6.07. The minimum atomic E-state index is -1.11. The van der Waals surface area contributed by atoms with E-state index in [0.29, 0.717) is 18.0 Å². The molecule has 0 spiro atoms. The Morgan fingerprint density at radius 3 is 2.59 bits per heavy atom. The number of rotatable bonds is 6. The van der Waals surface area contributed by atoms with Gasteiger partial charge in [0.15, 0.2) is 0 Å². The number of hydrogen-bond donors (Lipinski definition) is 3. The molecule has 0 saturated carbocycles. The van der Waals surface area contributed by atoms with E-state index < -0.39 is 6.09 Å². The van der Waals surface area contributed by atoms with Crippen LogP contribution in [-0.4, -0.2) is 41.1 Å². The summed E-state index contributed by atoms with van der Waals surface area (Å²) in [6.07, 6.45) is -0.415. The average Bonchev–Trinajstić information content (AvgIpc) is 2.79. The second kappa shape index (κ2) is 9.51. The van der Waals surface area contributed by atoms with Crippen molar-refractivity contribution in [2.75, 3.05) is 18.0 Å². The molecule has 0 radical (unpaired) electrons. The highest BCUT2D eigenvalue weighted by Gasteiger charge is 2.26. The Hall–Kier alpha value is -3.94. The quantitative estimate of drug-likeness (QED) is 0.520. The second-order valence-corrected chi connectivity index (χ2v) is 8.99. The number of anilines is 1. The van der Waals surface area contributed by atoms with E-state index in [1.807, 2.05) is 43.3 Å². The van der Waals surface area contributed by atoms with Crippen molar-refractivity contribution in [1.82, 2.24) is 15.6 Å². The molecule has 8 nitrogen and oxygen atoms in total. The molecule has 0 atom stereocenters. The number of hydrogen-bond acceptors (Lipinski definition) is 4. The van der Waals surface area contributed by atoms with Crippen LogP contribution in [0.15, 0.2) is 42.5 Å². The number of piperazine rings is 1. The van der Waals surface area contributed by atoms with Crippen LogP contribution in [0.3, 0.4) is 0 Å². The number of amides is 3. The fourth-order valence-corrected chi connectivity index (χ4v) is 4.26. The first-order chi connectivity index (χ1) is 16.2. The largest absolute Gasteiger partial charge is 0.465 e. The SMILES string of the molecule is Cc1ccc(-c2c(CNC(=O)O)c(CC(C)C)nc3ccc(N4CC(=O)NCC4=O)cc23)cc1. The third-order valence-corrected chi connectivity index (χ3v) is 5.86. The van der Waals surface area contributed by atoms with E-state index in [9.17, 15) is 19.5 Å². The monoisotopic (exact) mass is 460 g/mol. The third kappa shape index (κ3) is 4.85. The highest BCUT2D eigenvalue weighted by atomic mass is 16.4. The second-order valence-electron chi connectivity index (χ2n) is 8.99. The standard InChI is InChI=1S/C26H28N4O4/c1-15(2)10-22-20(12-28-26(33)34)25(17-6-4-16(3)5-7-17)19-11-18(8-9-21(19)29-22)30-14-23(31)27-13-24(30)32/h4-9,11,15,28H,10,12-14H2,1-3H3,(H,27,31)(H,33,34). The number of carboxylic acid groups (broad SMARTS) is 1. The molecular weight excluding hydrogens is 432 g/mol. The predicted molar refractivity (Wildman–Crippen MR) is 131 cm³/mol. The van der Waals surface area contributed by atoms with Crippen LogP contribution in [0, 0.1) is 12.8 Å². The average molecular weight is 461 g/mol. The van der Waals surface area contributed by atoms with Crippen molar-refractivity contribution >= 4 is 34.5 Å². The predicted octanol–water partition coefficient (Wildman–Crippen LogP) is 3.64. The van der Waals surface area contributed by atoms with Gasteiger partial charge in [-0.15, -0.1) is 0 Å². The Balaban J connectivity index is 1.98. The van der Waals surface area contributed by atoms with Gasteiger partial charge in [0.1, 0.15) is 6.54 Å². The zero-order chi connectivity index (χ0) is 24.4. The summed E-state index contributed by atoms with van der Waals surface area (Å²) in [4.78, 5) is 42.2. The molecule has 0 unspecified atom stereocenters. The smallest absolute Gasteiger partial charge is 0.404 e. The fraction of sp³-hybridized carbons (Fsp3) is 0.308. The van der Waals surface area contributed by atoms with Gasteiger partial charge in [-0.25, -0.2) is 4.79 Å². The Labute approximate surface area is 198 Å². The first kappa shape index (κ1) is 23.2. The maximum absolute atomic E-state index is 12.5. The van der Waals surface area contributed by atoms with Gasteiger partial charge in [0.2, 0.25) is 11.8 Å². The Morgan fingerprint density at radius 2 is 1.91 bits per heavy atom. The van der Waals surface area contributed by atoms with Crippen molar-refractivity contribution in [2.45, 2.75) is 33.7 Å². The Kier molecular flexibility index (Phi) is 6.49. The number of pyridine rings is 1. The van der Waals surface area contributed by atoms with Gasteiger partial charge in [0.25, 0.3) is 0 Å². The minimum absolute atomic E-state index is 0.0406. The van der Waals surface area contributed by atoms with Gasteiger partial charge in [-0.05, 0) is 48.6 Å². The van der Waals surface area contributed by atoms with Crippen LogP contribution < -0.4 is 15.5 Å². The molecule has 2 aromatic carbocycles. The van der Waals surface area contributed by atoms with Crippen molar-refractivity contribution in [3.63, 3.8) is 0 Å². The van der Waals surface area contributed by atoms with Crippen molar-refractivity contribution in [3.05, 3.63) is 59.3 Å². The van der Waals surface area contributed by atoms with Crippen molar-refractivity contribution in [3.8, 4) is 11.1 Å². The van der Waals surface area contributed by atoms with E-state index in [-0.39, 0.29) is 31.4 Å². The number of carbonyl (C=O) groups excluding carboxylic acids is 2. The van der Waals surface area contributed by atoms with Gasteiger partial charge in [-0.3, -0.25) is 14.6 Å². The molecule has 4 rings (SSSR count). The number of fused-ring (bicyclic) bond motifs is 1. The lowest BCUT2D eigenvalue weighted by Gasteiger charge is -2.27. The van der Waals surface area contributed by atoms with Gasteiger partial charge < -0.3 is 20.6 Å². The van der Waals surface area contributed by atoms with Crippen LogP contribution in [-0.2, 0) is 22.6 Å². The molecule has 0 bridgehead atoms. The van der Waals surface area contributed by atoms with Crippen LogP contribution in [0.2, 0.25) is 0 Å². The molecule has 1 aliphatic rings. The van der Waals surface area contributed by atoms with Gasteiger partial charge in [0, 0.05) is 28.9 Å². The lowest BCUT2D eigenvalue weighted by Crippen LogP contribution is -2.51. The summed E-state index contributed by atoms with van der Waals surface area (Å²) in [7, 11) is 0. The van der Waals surface area contributed by atoms with Crippen molar-refractivity contribution in [1.29, 1.82) is 0 Å². The van der Waals surface area contributed by atoms with Crippen LogP contribution in [0.25, 0.3) is 22.0 Å². The van der Waals surface area contributed by atoms with Crippen LogP contribution in [0.5, 0.6) is 0 Å². The van der Waals surface area contributed by atoms with Gasteiger partial charge in [0.05, 0.1) is 12.1 Å². The lowest BCUT2D eigenvalue weighted by molar-refractivity contribution is -0.128. The molecular formula is C26H28N4O4. The number of nitrogens with zero attached hydrogens (tertiary/aromatic N) is 2. The molecule has 176 valence electrons. The van der Waals surface area contributed by atoms with Gasteiger partial charge in [-0.2, -0.15) is 0 Å². The number of carbonyl (C=O) groups is 3. The van der Waals surface area contributed by atoms with Gasteiger partial charge >= 0.3 is 6.09 Å². The molecule has 8 heteroatoms. The zero-order valence-electron chi connectivity index (χ0n) is 19.5. The number of aryl methyl sites for hydroxylation is 1. The summed E-state index contributed by atoms with van der Waals surface area (Å²) < 4.78 is 0. The Bertz CT molecular complexity index is 1270. The third-order valence-electron chi connectivity index (χ3n) is 5.86. The molecule has 3 N–H and O–H groups in total. The van der Waals surface area contributed by atoms with E-state index in [0.717, 1.165) is 38.9 Å². The van der Waals surface area contributed by atoms with Crippen LogP contribution in [0.1, 0.15) is 30.7 Å². The van der Waals surface area contributed by atoms with E-state index in [1.165, 1.54) is 4.90 Å². The molecule has 3 aromatic rings. The minimum Gasteiger partial charge on any atom is -0.465 e. The van der Waals surface area contributed by atoms with E-state index >= 15 is 0 Å². The van der Waals surface area contributed by atoms with Crippen LogP contribution in [0.4, 0.5) is 10.5 Å². The van der Waals surface area contributed by atoms with Gasteiger partial charge in [-0.1, -0.05) is 43.7 Å². The Morgan fingerprint density at radius 1 is 1.18 bits per heavy atom. The number of benzene rings is 2. The van der Waals surface area contributed by atoms with E-state index in [1.54, 1.807) is 6.07 Å². The van der Waals surface area contributed by atoms with Crippen LogP contribution >= 0.6 is 0 Å². The maximum Gasteiger partial charge on any atom is 0.404 e. The molecule has 0 aliphatic carbocycles. The molecule has 2 heterocycles. The summed E-state index contributed by atoms with van der Waals surface area (Å²) >= 11 is 0. The van der Waals surface area contributed by atoms with Crippen molar-refractivity contribution in [2.24, 2.45) is 5.92 Å². The van der Waals surface area contributed by atoms with E-state index in [2.05, 4.69) is 24.5 Å². The first-order valence-electron chi connectivity index (χ1n) is 11.3. The first-order valence-corrected chi connectivity index (χ1v) is 11.3. The molecule has 1 fully saturated rings. The maximum atomic E-state index is 12.5. The summed E-state index contributed by atoms with van der Waals surface area (Å²) in [6, 6.07) is 13.6.